The molecule has 1 aromatic heterocycles. The van der Waals surface area contributed by atoms with E-state index in [4.69, 9.17) is 5.73 Å². The minimum Gasteiger partial charge on any atom is -0.396 e. The van der Waals surface area contributed by atoms with Gasteiger partial charge >= 0.3 is 0 Å². The number of nitrogen functional groups attached to an aromatic ring is 1. The van der Waals surface area contributed by atoms with Crippen LogP contribution in [0, 0.1) is 0 Å². The monoisotopic (exact) mass is 253 g/mol. The molecule has 0 atom stereocenters. The molecule has 100 valence electrons. The summed E-state index contributed by atoms with van der Waals surface area (Å²) in [7, 11) is 0. The summed E-state index contributed by atoms with van der Waals surface area (Å²) in [6.45, 7) is 5.15. The van der Waals surface area contributed by atoms with E-state index in [1.807, 2.05) is 13.8 Å². The topological polar surface area (TPSA) is 93.2 Å². The Bertz CT molecular complexity index is 411. The van der Waals surface area contributed by atoms with Crippen molar-refractivity contribution in [2.24, 2.45) is 0 Å². The summed E-state index contributed by atoms with van der Waals surface area (Å²) in [5, 5.41) is 6.44. The molecule has 0 aromatic carbocycles. The molecule has 1 rings (SSSR count). The smallest absolute Gasteiger partial charge is 0.242 e. The van der Waals surface area contributed by atoms with Gasteiger partial charge in [0, 0.05) is 19.3 Å². The summed E-state index contributed by atoms with van der Waals surface area (Å²) >= 11 is 0. The highest BCUT2D eigenvalue weighted by molar-refractivity contribution is 5.84. The lowest BCUT2D eigenvalue weighted by atomic mass is 10.4. The third kappa shape index (κ3) is 4.08. The van der Waals surface area contributed by atoms with Crippen molar-refractivity contribution in [3.8, 4) is 0 Å². The van der Waals surface area contributed by atoms with Gasteiger partial charge in [0.05, 0.1) is 18.4 Å². The highest BCUT2D eigenvalue weighted by atomic mass is 16.2. The number of likely N-dealkylation sites (N-methyl/N-ethyl adjacent to an activating group) is 1. The molecule has 1 aromatic rings. The number of carbonyl (C=O) groups excluding carboxylic acids is 2. The second kappa shape index (κ2) is 6.63. The predicted molar refractivity (Wildman–Crippen MR) is 67.6 cm³/mol. The van der Waals surface area contributed by atoms with Crippen molar-refractivity contribution in [3.05, 3.63) is 12.4 Å². The van der Waals surface area contributed by atoms with Gasteiger partial charge < -0.3 is 16.0 Å². The van der Waals surface area contributed by atoms with E-state index in [1.54, 1.807) is 11.1 Å². The molecule has 0 spiro atoms. The van der Waals surface area contributed by atoms with Gasteiger partial charge in [-0.15, -0.1) is 0 Å². The Hall–Kier alpha value is -2.05. The zero-order valence-corrected chi connectivity index (χ0v) is 10.7. The van der Waals surface area contributed by atoms with Crippen molar-refractivity contribution in [2.45, 2.75) is 20.4 Å². The maximum Gasteiger partial charge on any atom is 0.242 e. The van der Waals surface area contributed by atoms with Crippen LogP contribution < -0.4 is 11.1 Å². The zero-order valence-electron chi connectivity index (χ0n) is 10.7. The first kappa shape index (κ1) is 14.0. The molecule has 18 heavy (non-hydrogen) atoms. The maximum atomic E-state index is 11.6. The highest BCUT2D eigenvalue weighted by Gasteiger charge is 2.11. The van der Waals surface area contributed by atoms with Crippen LogP contribution in [0.5, 0.6) is 0 Å². The van der Waals surface area contributed by atoms with E-state index in [0.29, 0.717) is 18.8 Å². The molecule has 0 unspecified atom stereocenters. The Morgan fingerprint density at radius 3 is 2.61 bits per heavy atom. The van der Waals surface area contributed by atoms with Crippen LogP contribution in [0.15, 0.2) is 12.4 Å². The number of carbonyl (C=O) groups is 2. The van der Waals surface area contributed by atoms with E-state index in [9.17, 15) is 9.59 Å². The van der Waals surface area contributed by atoms with E-state index in [-0.39, 0.29) is 24.9 Å². The molecule has 0 fully saturated rings. The minimum absolute atomic E-state index is 0.0112. The van der Waals surface area contributed by atoms with Crippen LogP contribution in [-0.2, 0) is 16.1 Å². The number of hydrogen-bond acceptors (Lipinski definition) is 4. The van der Waals surface area contributed by atoms with Gasteiger partial charge in [0.15, 0.2) is 0 Å². The molecule has 1 heterocycles. The van der Waals surface area contributed by atoms with Gasteiger partial charge in [-0.2, -0.15) is 5.10 Å². The molecule has 3 N–H and O–H groups in total. The molecular weight excluding hydrogens is 234 g/mol. The summed E-state index contributed by atoms with van der Waals surface area (Å²) < 4.78 is 1.42. The first-order valence-electron chi connectivity index (χ1n) is 5.89. The van der Waals surface area contributed by atoms with Gasteiger partial charge in [-0.05, 0) is 13.8 Å². The van der Waals surface area contributed by atoms with Crippen LogP contribution in [0.25, 0.3) is 0 Å². The Balaban J connectivity index is 2.35. The Morgan fingerprint density at radius 1 is 1.44 bits per heavy atom. The van der Waals surface area contributed by atoms with Gasteiger partial charge in [0.25, 0.3) is 0 Å². The fourth-order valence-electron chi connectivity index (χ4n) is 1.53. The molecule has 0 aliphatic rings. The molecule has 0 saturated carbocycles. The van der Waals surface area contributed by atoms with Gasteiger partial charge in [-0.1, -0.05) is 0 Å². The number of nitrogens with one attached hydrogen (secondary N) is 1. The molecule has 2 amide bonds. The fourth-order valence-corrected chi connectivity index (χ4v) is 1.53. The molecule has 7 heteroatoms. The zero-order chi connectivity index (χ0) is 13.5. The summed E-state index contributed by atoms with van der Waals surface area (Å²) in [6.07, 6.45) is 3.03. The Kier molecular flexibility index (Phi) is 5.16. The van der Waals surface area contributed by atoms with E-state index in [0.717, 1.165) is 0 Å². The second-order valence-electron chi connectivity index (χ2n) is 3.81. The van der Waals surface area contributed by atoms with Crippen LogP contribution in [0.1, 0.15) is 13.8 Å². The van der Waals surface area contributed by atoms with E-state index in [2.05, 4.69) is 10.4 Å². The van der Waals surface area contributed by atoms with E-state index < -0.39 is 0 Å². The van der Waals surface area contributed by atoms with Crippen molar-refractivity contribution in [1.29, 1.82) is 0 Å². The third-order valence-electron chi connectivity index (χ3n) is 2.51. The van der Waals surface area contributed by atoms with Gasteiger partial charge in [-0.25, -0.2) is 0 Å². The summed E-state index contributed by atoms with van der Waals surface area (Å²) in [6, 6.07) is 0. The largest absolute Gasteiger partial charge is 0.396 e. The molecule has 7 nitrogen and oxygen atoms in total. The first-order chi connectivity index (χ1) is 8.56. The quantitative estimate of drug-likeness (QED) is 0.711. The summed E-state index contributed by atoms with van der Waals surface area (Å²) in [5.74, 6) is -0.355. The number of amides is 2. The third-order valence-corrected chi connectivity index (χ3v) is 2.51. The average Bonchev–Trinajstić information content (AvgIpc) is 2.73. The maximum absolute atomic E-state index is 11.6. The summed E-state index contributed by atoms with van der Waals surface area (Å²) in [5.41, 5.74) is 5.98. The molecule has 0 saturated heterocycles. The van der Waals surface area contributed by atoms with Crippen LogP contribution in [0.4, 0.5) is 5.69 Å². The van der Waals surface area contributed by atoms with Gasteiger partial charge in [0.1, 0.15) is 6.54 Å². The lowest BCUT2D eigenvalue weighted by molar-refractivity contribution is -0.132. The van der Waals surface area contributed by atoms with Crippen LogP contribution >= 0.6 is 0 Å². The number of nitrogens with two attached hydrogens (primary N) is 1. The Morgan fingerprint density at radius 2 is 2.11 bits per heavy atom. The second-order valence-corrected chi connectivity index (χ2v) is 3.81. The first-order valence-corrected chi connectivity index (χ1v) is 5.89. The number of anilines is 1. The van der Waals surface area contributed by atoms with Crippen molar-refractivity contribution in [2.75, 3.05) is 25.4 Å². The fraction of sp³-hybridized carbons (Fsp3) is 0.545. The van der Waals surface area contributed by atoms with Crippen LogP contribution in [-0.4, -0.2) is 46.1 Å². The highest BCUT2D eigenvalue weighted by Crippen LogP contribution is 1.97. The molecule has 0 bridgehead atoms. The number of nitrogens with zero attached hydrogens (tertiary/aromatic N) is 3. The predicted octanol–water partition coefficient (Wildman–Crippen LogP) is -0.550. The normalized spacial score (nSPS) is 10.1. The average molecular weight is 253 g/mol. The number of hydrogen-bond donors (Lipinski definition) is 2. The summed E-state index contributed by atoms with van der Waals surface area (Å²) in [4.78, 5) is 24.8. The molecule has 0 aliphatic carbocycles. The minimum atomic E-state index is -0.265. The lowest BCUT2D eigenvalue weighted by Gasteiger charge is -2.18. The molecule has 0 radical (unpaired) electrons. The SMILES string of the molecule is CCN(CC)C(=O)CNC(=O)Cn1cc(N)cn1. The van der Waals surface area contributed by atoms with Gasteiger partial charge in [-0.3, -0.25) is 14.3 Å². The van der Waals surface area contributed by atoms with Crippen LogP contribution in [0.3, 0.4) is 0 Å². The van der Waals surface area contributed by atoms with Crippen LogP contribution in [0.2, 0.25) is 0 Å². The van der Waals surface area contributed by atoms with E-state index in [1.165, 1.54) is 10.9 Å². The van der Waals surface area contributed by atoms with Crippen molar-refractivity contribution >= 4 is 17.5 Å². The molecule has 0 aliphatic heterocycles. The number of aromatic nitrogens is 2. The van der Waals surface area contributed by atoms with Crippen molar-refractivity contribution < 1.29 is 9.59 Å². The van der Waals surface area contributed by atoms with Crippen molar-refractivity contribution in [1.82, 2.24) is 20.0 Å². The Labute approximate surface area is 106 Å². The van der Waals surface area contributed by atoms with Gasteiger partial charge in [0.2, 0.25) is 11.8 Å². The van der Waals surface area contributed by atoms with Crippen molar-refractivity contribution in [3.63, 3.8) is 0 Å². The van der Waals surface area contributed by atoms with E-state index >= 15 is 0 Å². The lowest BCUT2D eigenvalue weighted by Crippen LogP contribution is -2.40. The standard InChI is InChI=1S/C11H19N5O2/c1-3-15(4-2)11(18)6-13-10(17)8-16-7-9(12)5-14-16/h5,7H,3-4,6,8,12H2,1-2H3,(H,13,17). The molecular formula is C11H19N5O2. The number of rotatable bonds is 6.